The van der Waals surface area contributed by atoms with Gasteiger partial charge in [-0.3, -0.25) is 0 Å². The van der Waals surface area contributed by atoms with Crippen molar-refractivity contribution in [1.82, 2.24) is 0 Å². The molecule has 0 aromatic rings. The molecular formula is C20H40O10SSi. The van der Waals surface area contributed by atoms with Gasteiger partial charge in [-0.1, -0.05) is 27.7 Å². The zero-order chi connectivity index (χ0) is 24.4. The predicted octanol–water partition coefficient (Wildman–Crippen LogP) is -0.607. The Hall–Kier alpha value is 0.167. The van der Waals surface area contributed by atoms with Crippen molar-refractivity contribution in [2.75, 3.05) is 19.0 Å². The lowest BCUT2D eigenvalue weighted by Gasteiger charge is -2.46. The lowest BCUT2D eigenvalue weighted by Crippen LogP contribution is -2.64. The van der Waals surface area contributed by atoms with E-state index < -0.39 is 75.5 Å². The van der Waals surface area contributed by atoms with Crippen LogP contribution in [0.1, 0.15) is 27.7 Å². The van der Waals surface area contributed by atoms with E-state index in [1.165, 1.54) is 11.8 Å². The fourth-order valence-corrected chi connectivity index (χ4v) is 5.27. The summed E-state index contributed by atoms with van der Waals surface area (Å²) in [5, 5.41) is 61.8. The first-order valence-corrected chi connectivity index (χ1v) is 14.9. The molecule has 2 fully saturated rings. The van der Waals surface area contributed by atoms with Gasteiger partial charge in [-0.25, -0.2) is 0 Å². The number of aliphatic hydroxyl groups is 6. The van der Waals surface area contributed by atoms with Crippen LogP contribution in [0.2, 0.25) is 18.1 Å². The van der Waals surface area contributed by atoms with Crippen LogP contribution >= 0.6 is 11.8 Å². The van der Waals surface area contributed by atoms with E-state index >= 15 is 0 Å². The van der Waals surface area contributed by atoms with Crippen LogP contribution in [0.5, 0.6) is 0 Å². The van der Waals surface area contributed by atoms with E-state index in [1.807, 2.05) is 20.0 Å². The topological polar surface area (TPSA) is 158 Å². The van der Waals surface area contributed by atoms with Gasteiger partial charge in [0.2, 0.25) is 0 Å². The molecule has 2 saturated heterocycles. The highest BCUT2D eigenvalue weighted by atomic mass is 32.2. The number of hydrogen-bond acceptors (Lipinski definition) is 11. The molecule has 0 aromatic heterocycles. The smallest absolute Gasteiger partial charge is 0.192 e. The van der Waals surface area contributed by atoms with Crippen LogP contribution in [0.4, 0.5) is 0 Å². The van der Waals surface area contributed by atoms with Gasteiger partial charge in [0.05, 0.1) is 13.2 Å². The Labute approximate surface area is 195 Å². The van der Waals surface area contributed by atoms with Crippen molar-refractivity contribution >= 4 is 20.1 Å². The van der Waals surface area contributed by atoms with Gasteiger partial charge in [0.15, 0.2) is 14.6 Å². The minimum atomic E-state index is -2.18. The van der Waals surface area contributed by atoms with Gasteiger partial charge in [-0.05, 0) is 23.9 Å². The molecule has 2 aliphatic heterocycles. The van der Waals surface area contributed by atoms with E-state index in [2.05, 4.69) is 20.8 Å². The van der Waals surface area contributed by atoms with Gasteiger partial charge >= 0.3 is 0 Å². The van der Waals surface area contributed by atoms with Crippen molar-refractivity contribution in [3.63, 3.8) is 0 Å². The third-order valence-corrected chi connectivity index (χ3v) is 12.1. The Morgan fingerprint density at radius 2 is 1.50 bits per heavy atom. The fraction of sp³-hybridized carbons (Fsp3) is 1.00. The van der Waals surface area contributed by atoms with Crippen LogP contribution < -0.4 is 0 Å². The summed E-state index contributed by atoms with van der Waals surface area (Å²) >= 11 is 1.28. The summed E-state index contributed by atoms with van der Waals surface area (Å²) in [5.74, 6) is 0.628. The van der Waals surface area contributed by atoms with Gasteiger partial charge in [0.25, 0.3) is 0 Å². The zero-order valence-corrected chi connectivity index (χ0v) is 21.4. The summed E-state index contributed by atoms with van der Waals surface area (Å²) in [7, 11) is -2.18. The Morgan fingerprint density at radius 1 is 0.875 bits per heavy atom. The van der Waals surface area contributed by atoms with E-state index in [0.29, 0.717) is 5.75 Å². The molecule has 2 heterocycles. The van der Waals surface area contributed by atoms with Gasteiger partial charge in [0, 0.05) is 0 Å². The highest BCUT2D eigenvalue weighted by Gasteiger charge is 2.51. The van der Waals surface area contributed by atoms with E-state index in [4.69, 9.17) is 18.6 Å². The molecule has 10 atom stereocenters. The number of ether oxygens (including phenoxy) is 3. The van der Waals surface area contributed by atoms with Crippen molar-refractivity contribution in [1.29, 1.82) is 0 Å². The maximum atomic E-state index is 10.6. The molecule has 0 bridgehead atoms. The van der Waals surface area contributed by atoms with Crippen molar-refractivity contribution in [2.45, 2.75) is 106 Å². The highest BCUT2D eigenvalue weighted by Crippen LogP contribution is 2.37. The minimum Gasteiger partial charge on any atom is -0.414 e. The van der Waals surface area contributed by atoms with Crippen LogP contribution in [0.15, 0.2) is 0 Å². The lowest BCUT2D eigenvalue weighted by molar-refractivity contribution is -0.337. The lowest BCUT2D eigenvalue weighted by atomic mass is 9.97. The average molecular weight is 501 g/mol. The maximum absolute atomic E-state index is 10.6. The highest BCUT2D eigenvalue weighted by molar-refractivity contribution is 7.99. The summed E-state index contributed by atoms with van der Waals surface area (Å²) in [5.41, 5.74) is -0.748. The largest absolute Gasteiger partial charge is 0.414 e. The molecule has 0 amide bonds. The molecule has 10 nitrogen and oxygen atoms in total. The van der Waals surface area contributed by atoms with Crippen molar-refractivity contribution in [3.8, 4) is 0 Å². The number of thioether (sulfide) groups is 1. The molecule has 2 aliphatic rings. The SMILES string of the molecule is CCS[C@@H]1O[C@H](CO)[C@@H](O[C@@H]2O[C@H](CO[Si](C)(C)C(C)(C)C)[C@H](O)[C@H](O)[C@H]2O)[C@H](O)[C@H]1O. The van der Waals surface area contributed by atoms with Crippen LogP contribution in [0, 0.1) is 0 Å². The van der Waals surface area contributed by atoms with Crippen LogP contribution in [0.3, 0.4) is 0 Å². The van der Waals surface area contributed by atoms with E-state index in [0.717, 1.165) is 0 Å². The summed E-state index contributed by atoms with van der Waals surface area (Å²) in [4.78, 5) is 0. The molecule has 6 N–H and O–H groups in total. The molecule has 0 saturated carbocycles. The molecule has 0 spiro atoms. The zero-order valence-electron chi connectivity index (χ0n) is 19.6. The van der Waals surface area contributed by atoms with Crippen molar-refractivity contribution in [3.05, 3.63) is 0 Å². The summed E-state index contributed by atoms with van der Waals surface area (Å²) < 4.78 is 23.2. The van der Waals surface area contributed by atoms with E-state index in [-0.39, 0.29) is 11.6 Å². The van der Waals surface area contributed by atoms with Crippen LogP contribution in [-0.4, -0.2) is 118 Å². The van der Waals surface area contributed by atoms with Gasteiger partial charge in [0.1, 0.15) is 54.3 Å². The quantitative estimate of drug-likeness (QED) is 0.236. The van der Waals surface area contributed by atoms with E-state index in [9.17, 15) is 30.6 Å². The standard InChI is InChI=1S/C20H40O10SSi/c1-7-31-19-16(26)14(24)17(10(8-21)29-19)30-18-15(25)13(23)12(22)11(28-18)9-27-32(5,6)20(2,3)4/h10-19,21-26H,7-9H2,1-6H3/t10-,11-,12+,13+,14-,15-,16-,17-,18+,19+/m1/s1. The van der Waals surface area contributed by atoms with Gasteiger partial charge in [-0.2, -0.15) is 0 Å². The van der Waals surface area contributed by atoms with Gasteiger partial charge in [-0.15, -0.1) is 11.8 Å². The molecule has 32 heavy (non-hydrogen) atoms. The second-order valence-corrected chi connectivity index (χ2v) is 16.0. The Kier molecular flexibility index (Phi) is 10.0. The number of hydrogen-bond donors (Lipinski definition) is 6. The second kappa shape index (κ2) is 11.3. The first-order valence-electron chi connectivity index (χ1n) is 11.0. The Morgan fingerprint density at radius 3 is 2.03 bits per heavy atom. The predicted molar refractivity (Wildman–Crippen MR) is 121 cm³/mol. The summed E-state index contributed by atoms with van der Waals surface area (Å²) in [6.07, 6.45) is -12.0. The monoisotopic (exact) mass is 500 g/mol. The maximum Gasteiger partial charge on any atom is 0.192 e. The summed E-state index contributed by atoms with van der Waals surface area (Å²) in [6, 6.07) is 0. The van der Waals surface area contributed by atoms with Crippen LogP contribution in [-0.2, 0) is 18.6 Å². The second-order valence-electron chi connectivity index (χ2n) is 9.85. The molecule has 0 aliphatic carbocycles. The average Bonchev–Trinajstić information content (AvgIpc) is 2.71. The fourth-order valence-electron chi connectivity index (χ4n) is 3.35. The third-order valence-electron chi connectivity index (χ3n) is 6.53. The van der Waals surface area contributed by atoms with Crippen LogP contribution in [0.25, 0.3) is 0 Å². The number of rotatable bonds is 8. The molecule has 0 unspecified atom stereocenters. The molecule has 190 valence electrons. The molecular weight excluding hydrogens is 460 g/mol. The minimum absolute atomic E-state index is 0.0215. The third kappa shape index (κ3) is 6.23. The molecule has 0 aromatic carbocycles. The molecule has 12 heteroatoms. The van der Waals surface area contributed by atoms with Crippen molar-refractivity contribution in [2.24, 2.45) is 0 Å². The number of aliphatic hydroxyl groups excluding tert-OH is 6. The Balaban J connectivity index is 2.12. The van der Waals surface area contributed by atoms with E-state index in [1.54, 1.807) is 0 Å². The normalized spacial score (nSPS) is 41.6. The first kappa shape index (κ1) is 28.4. The molecule has 0 radical (unpaired) electrons. The molecule has 2 rings (SSSR count). The summed E-state index contributed by atoms with van der Waals surface area (Å²) in [6.45, 7) is 11.6. The first-order chi connectivity index (χ1) is 14.7. The van der Waals surface area contributed by atoms with Crippen molar-refractivity contribution < 1.29 is 49.3 Å². The van der Waals surface area contributed by atoms with Gasteiger partial charge < -0.3 is 49.3 Å². The Bertz CT molecular complexity index is 589.